The maximum Gasteiger partial charge on any atom is 0.322 e. The average molecular weight is 324 g/mol. The SMILES string of the molecule is CNc1nc(Nc2c(Cl)ccc3nsnc23)nc(OC)n1. The lowest BCUT2D eigenvalue weighted by Crippen LogP contribution is -2.06. The minimum absolute atomic E-state index is 0.191. The van der Waals surface area contributed by atoms with Crippen LogP contribution in [0.25, 0.3) is 11.0 Å². The van der Waals surface area contributed by atoms with Crippen molar-refractivity contribution < 1.29 is 4.74 Å². The second-order valence-corrected chi connectivity index (χ2v) is 4.83. The van der Waals surface area contributed by atoms with Crippen molar-refractivity contribution in [2.45, 2.75) is 0 Å². The van der Waals surface area contributed by atoms with Crippen molar-refractivity contribution in [2.24, 2.45) is 0 Å². The molecule has 3 aromatic rings. The average Bonchev–Trinajstić information content (AvgIpc) is 2.98. The van der Waals surface area contributed by atoms with Gasteiger partial charge in [0.1, 0.15) is 11.0 Å². The zero-order valence-electron chi connectivity index (χ0n) is 11.1. The third-order valence-corrected chi connectivity index (χ3v) is 3.49. The first-order valence-electron chi connectivity index (χ1n) is 5.87. The number of methoxy groups -OCH3 is 1. The molecule has 2 aromatic heterocycles. The number of halogens is 1. The molecule has 0 unspecified atom stereocenters. The van der Waals surface area contributed by atoms with Gasteiger partial charge in [-0.2, -0.15) is 23.7 Å². The van der Waals surface area contributed by atoms with Crippen molar-refractivity contribution >= 4 is 51.9 Å². The number of ether oxygens (including phenoxy) is 1. The number of benzene rings is 1. The third kappa shape index (κ3) is 2.65. The highest BCUT2D eigenvalue weighted by Gasteiger charge is 2.13. The van der Waals surface area contributed by atoms with Gasteiger partial charge in [0.25, 0.3) is 0 Å². The number of nitrogens with zero attached hydrogens (tertiary/aromatic N) is 5. The van der Waals surface area contributed by atoms with E-state index in [9.17, 15) is 0 Å². The van der Waals surface area contributed by atoms with Gasteiger partial charge in [-0.1, -0.05) is 11.6 Å². The maximum atomic E-state index is 6.21. The summed E-state index contributed by atoms with van der Waals surface area (Å²) in [7, 11) is 3.19. The lowest BCUT2D eigenvalue weighted by molar-refractivity contribution is 0.379. The van der Waals surface area contributed by atoms with Gasteiger partial charge in [-0.25, -0.2) is 0 Å². The fourth-order valence-electron chi connectivity index (χ4n) is 1.67. The van der Waals surface area contributed by atoms with Crippen LogP contribution in [0.5, 0.6) is 6.01 Å². The van der Waals surface area contributed by atoms with Gasteiger partial charge in [0.05, 0.1) is 29.5 Å². The third-order valence-electron chi connectivity index (χ3n) is 2.63. The Morgan fingerprint density at radius 2 is 1.95 bits per heavy atom. The van der Waals surface area contributed by atoms with Crippen molar-refractivity contribution in [3.05, 3.63) is 17.2 Å². The van der Waals surface area contributed by atoms with Crippen LogP contribution in [0.3, 0.4) is 0 Å². The standard InChI is InChI=1S/C11H10ClN7OS/c1-13-9-15-10(17-11(16-9)20-2)14-7-5(12)3-4-6-8(7)19-21-18-6/h3-4H,1-2H3,(H2,13,14,15,16,17). The summed E-state index contributed by atoms with van der Waals surface area (Å²) in [4.78, 5) is 12.4. The fourth-order valence-corrected chi connectivity index (χ4v) is 2.42. The number of hydrogen-bond acceptors (Lipinski definition) is 9. The van der Waals surface area contributed by atoms with E-state index in [1.165, 1.54) is 7.11 Å². The van der Waals surface area contributed by atoms with Gasteiger partial charge in [-0.15, -0.1) is 0 Å². The van der Waals surface area contributed by atoms with E-state index in [1.807, 2.05) is 0 Å². The smallest absolute Gasteiger partial charge is 0.322 e. The molecule has 0 amide bonds. The summed E-state index contributed by atoms with van der Waals surface area (Å²) in [5.74, 6) is 0.678. The van der Waals surface area contributed by atoms with Crippen LogP contribution >= 0.6 is 23.3 Å². The highest BCUT2D eigenvalue weighted by atomic mass is 35.5. The Morgan fingerprint density at radius 1 is 1.14 bits per heavy atom. The summed E-state index contributed by atoms with van der Waals surface area (Å²) in [5, 5.41) is 6.37. The van der Waals surface area contributed by atoms with Gasteiger partial charge < -0.3 is 15.4 Å². The second-order valence-electron chi connectivity index (χ2n) is 3.90. The molecule has 0 aliphatic carbocycles. The predicted octanol–water partition coefficient (Wildman–Crippen LogP) is 2.32. The van der Waals surface area contributed by atoms with Crippen molar-refractivity contribution in [3.8, 4) is 6.01 Å². The van der Waals surface area contributed by atoms with E-state index in [2.05, 4.69) is 34.3 Å². The minimum Gasteiger partial charge on any atom is -0.467 e. The van der Waals surface area contributed by atoms with Crippen LogP contribution in [-0.2, 0) is 0 Å². The molecule has 0 spiro atoms. The van der Waals surface area contributed by atoms with Gasteiger partial charge in [0.2, 0.25) is 11.9 Å². The molecule has 0 saturated carbocycles. The summed E-state index contributed by atoms with van der Waals surface area (Å²) in [6, 6.07) is 3.74. The topological polar surface area (TPSA) is 97.7 Å². The van der Waals surface area contributed by atoms with Gasteiger partial charge in [-0.3, -0.25) is 0 Å². The molecule has 0 radical (unpaired) electrons. The van der Waals surface area contributed by atoms with Crippen LogP contribution in [0.15, 0.2) is 12.1 Å². The molecule has 3 rings (SSSR count). The Morgan fingerprint density at radius 3 is 2.71 bits per heavy atom. The molecular formula is C11H10ClN7OS. The Kier molecular flexibility index (Phi) is 3.67. The lowest BCUT2D eigenvalue weighted by Gasteiger charge is -2.09. The Balaban J connectivity index is 2.06. The van der Waals surface area contributed by atoms with E-state index in [4.69, 9.17) is 16.3 Å². The summed E-state index contributed by atoms with van der Waals surface area (Å²) >= 11 is 7.33. The predicted molar refractivity (Wildman–Crippen MR) is 81.6 cm³/mol. The molecule has 10 heteroatoms. The molecule has 21 heavy (non-hydrogen) atoms. The molecule has 0 atom stereocenters. The first kappa shape index (κ1) is 13.7. The quantitative estimate of drug-likeness (QED) is 0.755. The molecule has 0 aliphatic heterocycles. The minimum atomic E-state index is 0.191. The van der Waals surface area contributed by atoms with Crippen LogP contribution < -0.4 is 15.4 Å². The normalized spacial score (nSPS) is 10.6. The monoisotopic (exact) mass is 323 g/mol. The largest absolute Gasteiger partial charge is 0.467 e. The zero-order valence-corrected chi connectivity index (χ0v) is 12.7. The Bertz CT molecular complexity index is 771. The number of fused-ring (bicyclic) bond motifs is 1. The molecule has 1 aromatic carbocycles. The number of aromatic nitrogens is 5. The van der Waals surface area contributed by atoms with Gasteiger partial charge in [0, 0.05) is 7.05 Å². The Labute approximate surface area is 128 Å². The van der Waals surface area contributed by atoms with E-state index in [-0.39, 0.29) is 6.01 Å². The van der Waals surface area contributed by atoms with Crippen LogP contribution in [0.1, 0.15) is 0 Å². The molecule has 2 N–H and O–H groups in total. The van der Waals surface area contributed by atoms with Crippen LogP contribution in [0.4, 0.5) is 17.6 Å². The van der Waals surface area contributed by atoms with E-state index < -0.39 is 0 Å². The van der Waals surface area contributed by atoms with Gasteiger partial charge >= 0.3 is 6.01 Å². The summed E-state index contributed by atoms with van der Waals surface area (Å²) < 4.78 is 13.4. The van der Waals surface area contributed by atoms with Crippen molar-refractivity contribution in [2.75, 3.05) is 24.8 Å². The van der Waals surface area contributed by atoms with Crippen molar-refractivity contribution in [1.82, 2.24) is 23.7 Å². The fraction of sp³-hybridized carbons (Fsp3) is 0.182. The molecule has 8 nitrogen and oxygen atoms in total. The first-order chi connectivity index (χ1) is 10.2. The van der Waals surface area contributed by atoms with Crippen molar-refractivity contribution in [1.29, 1.82) is 0 Å². The summed E-state index contributed by atoms with van der Waals surface area (Å²) in [5.41, 5.74) is 2.01. The van der Waals surface area contributed by atoms with E-state index in [1.54, 1.807) is 19.2 Å². The number of anilines is 3. The molecule has 0 aliphatic rings. The lowest BCUT2D eigenvalue weighted by atomic mass is 10.2. The van der Waals surface area contributed by atoms with Gasteiger partial charge in [0.15, 0.2) is 0 Å². The second kappa shape index (κ2) is 5.62. The van der Waals surface area contributed by atoms with Crippen molar-refractivity contribution in [3.63, 3.8) is 0 Å². The van der Waals surface area contributed by atoms with Crippen LogP contribution in [0.2, 0.25) is 5.02 Å². The van der Waals surface area contributed by atoms with E-state index in [0.29, 0.717) is 28.1 Å². The first-order valence-corrected chi connectivity index (χ1v) is 6.97. The molecule has 108 valence electrons. The summed E-state index contributed by atoms with van der Waals surface area (Å²) in [6.45, 7) is 0. The Hall–Kier alpha value is -2.26. The number of rotatable bonds is 4. The maximum absolute atomic E-state index is 6.21. The molecule has 0 saturated heterocycles. The number of hydrogen-bond donors (Lipinski definition) is 2. The summed E-state index contributed by atoms with van der Waals surface area (Å²) in [6.07, 6.45) is 0. The molecule has 0 bridgehead atoms. The molecular weight excluding hydrogens is 314 g/mol. The molecule has 2 heterocycles. The zero-order chi connectivity index (χ0) is 14.8. The van der Waals surface area contributed by atoms with Crippen LogP contribution in [-0.4, -0.2) is 37.9 Å². The highest BCUT2D eigenvalue weighted by Crippen LogP contribution is 2.31. The van der Waals surface area contributed by atoms with Crippen LogP contribution in [0, 0.1) is 0 Å². The molecule has 0 fully saturated rings. The number of nitrogens with one attached hydrogen (secondary N) is 2. The van der Waals surface area contributed by atoms with E-state index >= 15 is 0 Å². The van der Waals surface area contributed by atoms with Gasteiger partial charge in [-0.05, 0) is 12.1 Å². The van der Waals surface area contributed by atoms with E-state index in [0.717, 1.165) is 17.2 Å². The highest BCUT2D eigenvalue weighted by molar-refractivity contribution is 7.00.